The fourth-order valence-electron chi connectivity index (χ4n) is 2.29. The molecular weight excluding hydrogens is 266 g/mol. The molecule has 0 bridgehead atoms. The zero-order valence-electron chi connectivity index (χ0n) is 11.3. The molecule has 5 nitrogen and oxygen atoms in total. The third-order valence-electron chi connectivity index (χ3n) is 3.36. The molecule has 5 heteroatoms. The van der Waals surface area contributed by atoms with E-state index < -0.39 is 12.0 Å². The number of H-pyrrole nitrogens is 1. The van der Waals surface area contributed by atoms with E-state index in [1.165, 1.54) is 0 Å². The first-order valence-corrected chi connectivity index (χ1v) is 6.68. The van der Waals surface area contributed by atoms with Gasteiger partial charge in [-0.1, -0.05) is 30.3 Å². The Balaban J connectivity index is 1.82. The molecule has 0 aliphatic heterocycles. The summed E-state index contributed by atoms with van der Waals surface area (Å²) in [6.07, 6.45) is 3.58. The van der Waals surface area contributed by atoms with Gasteiger partial charge in [0.1, 0.15) is 6.04 Å². The molecule has 21 heavy (non-hydrogen) atoms. The van der Waals surface area contributed by atoms with E-state index in [9.17, 15) is 9.90 Å². The fourth-order valence-corrected chi connectivity index (χ4v) is 2.29. The highest BCUT2D eigenvalue weighted by Crippen LogP contribution is 2.20. The van der Waals surface area contributed by atoms with Gasteiger partial charge in [0.05, 0.1) is 12.0 Å². The second kappa shape index (κ2) is 5.66. The number of anilines is 1. The lowest BCUT2D eigenvalue weighted by Crippen LogP contribution is -2.31. The van der Waals surface area contributed by atoms with Crippen LogP contribution in [0.5, 0.6) is 0 Å². The minimum Gasteiger partial charge on any atom is -0.480 e. The summed E-state index contributed by atoms with van der Waals surface area (Å²) < 4.78 is 0. The second-order valence-electron chi connectivity index (χ2n) is 4.86. The Morgan fingerprint density at radius 1 is 1.24 bits per heavy atom. The van der Waals surface area contributed by atoms with E-state index in [1.54, 1.807) is 12.5 Å². The summed E-state index contributed by atoms with van der Waals surface area (Å²) >= 11 is 0. The summed E-state index contributed by atoms with van der Waals surface area (Å²) in [5.41, 5.74) is 1.51. The van der Waals surface area contributed by atoms with Gasteiger partial charge in [-0.25, -0.2) is 9.78 Å². The Bertz CT molecular complexity index is 753. The number of hydrogen-bond acceptors (Lipinski definition) is 3. The molecule has 1 aromatic heterocycles. The molecule has 3 N–H and O–H groups in total. The number of fused-ring (bicyclic) bond motifs is 1. The zero-order chi connectivity index (χ0) is 14.7. The third-order valence-corrected chi connectivity index (χ3v) is 3.36. The summed E-state index contributed by atoms with van der Waals surface area (Å²) in [5, 5.41) is 14.6. The quantitative estimate of drug-likeness (QED) is 0.672. The number of carboxylic acid groups (broad SMARTS) is 1. The molecule has 106 valence electrons. The van der Waals surface area contributed by atoms with Gasteiger partial charge in [-0.05, 0) is 22.9 Å². The number of aliphatic carboxylic acids is 1. The van der Waals surface area contributed by atoms with Crippen LogP contribution in [0.1, 0.15) is 5.69 Å². The topological polar surface area (TPSA) is 78.0 Å². The van der Waals surface area contributed by atoms with Crippen LogP contribution in [0.15, 0.2) is 55.0 Å². The molecule has 0 aliphatic rings. The maximum atomic E-state index is 11.4. The molecule has 0 saturated carbocycles. The average molecular weight is 281 g/mol. The highest BCUT2D eigenvalue weighted by Gasteiger charge is 2.18. The maximum absolute atomic E-state index is 11.4. The van der Waals surface area contributed by atoms with Crippen LogP contribution in [-0.2, 0) is 11.2 Å². The van der Waals surface area contributed by atoms with E-state index >= 15 is 0 Å². The Kier molecular flexibility index (Phi) is 3.55. The van der Waals surface area contributed by atoms with Crippen LogP contribution in [0.25, 0.3) is 10.8 Å². The number of carbonyl (C=O) groups is 1. The van der Waals surface area contributed by atoms with Crippen molar-refractivity contribution in [2.45, 2.75) is 12.5 Å². The van der Waals surface area contributed by atoms with Crippen molar-refractivity contribution in [1.82, 2.24) is 9.97 Å². The number of hydrogen-bond donors (Lipinski definition) is 3. The summed E-state index contributed by atoms with van der Waals surface area (Å²) in [7, 11) is 0. The number of nitrogens with one attached hydrogen (secondary N) is 2. The maximum Gasteiger partial charge on any atom is 0.326 e. The number of aromatic amines is 1. The van der Waals surface area contributed by atoms with Crippen LogP contribution in [0, 0.1) is 0 Å². The van der Waals surface area contributed by atoms with Gasteiger partial charge in [0, 0.05) is 18.3 Å². The Hall–Kier alpha value is -2.82. The highest BCUT2D eigenvalue weighted by atomic mass is 16.4. The molecule has 0 radical (unpaired) electrons. The molecular formula is C16H15N3O2. The lowest BCUT2D eigenvalue weighted by atomic mass is 10.1. The van der Waals surface area contributed by atoms with Crippen molar-refractivity contribution >= 4 is 22.4 Å². The van der Waals surface area contributed by atoms with Crippen molar-refractivity contribution in [3.8, 4) is 0 Å². The Morgan fingerprint density at radius 2 is 2.05 bits per heavy atom. The van der Waals surface area contributed by atoms with Gasteiger partial charge >= 0.3 is 5.97 Å². The SMILES string of the molecule is O=C(O)C(Cc1c[nH]cn1)Nc1ccc2ccccc2c1. The number of rotatable bonds is 5. The predicted octanol–water partition coefficient (Wildman–Crippen LogP) is 2.67. The lowest BCUT2D eigenvalue weighted by Gasteiger charge is -2.15. The normalized spacial score (nSPS) is 12.2. The number of benzene rings is 2. The van der Waals surface area contributed by atoms with Gasteiger partial charge in [0.15, 0.2) is 0 Å². The van der Waals surface area contributed by atoms with E-state index in [0.29, 0.717) is 6.42 Å². The van der Waals surface area contributed by atoms with Crippen molar-refractivity contribution in [2.24, 2.45) is 0 Å². The second-order valence-corrected chi connectivity index (χ2v) is 4.86. The van der Waals surface area contributed by atoms with E-state index in [0.717, 1.165) is 22.2 Å². The molecule has 1 heterocycles. The minimum absolute atomic E-state index is 0.325. The molecule has 0 saturated heterocycles. The van der Waals surface area contributed by atoms with E-state index in [-0.39, 0.29) is 0 Å². The monoisotopic (exact) mass is 281 g/mol. The predicted molar refractivity (Wildman–Crippen MR) is 81.3 cm³/mol. The summed E-state index contributed by atoms with van der Waals surface area (Å²) in [4.78, 5) is 18.3. The Labute approximate surface area is 121 Å². The van der Waals surface area contributed by atoms with Crippen molar-refractivity contribution in [1.29, 1.82) is 0 Å². The standard InChI is InChI=1S/C16H15N3O2/c20-16(21)15(8-14-9-17-10-18-14)19-13-6-5-11-3-1-2-4-12(11)7-13/h1-7,9-10,15,19H,8H2,(H,17,18)(H,20,21). The van der Waals surface area contributed by atoms with Crippen LogP contribution in [0.3, 0.4) is 0 Å². The van der Waals surface area contributed by atoms with Crippen LogP contribution < -0.4 is 5.32 Å². The number of aromatic nitrogens is 2. The van der Waals surface area contributed by atoms with E-state index in [1.807, 2.05) is 42.5 Å². The molecule has 0 fully saturated rings. The first-order chi connectivity index (χ1) is 10.2. The van der Waals surface area contributed by atoms with E-state index in [2.05, 4.69) is 15.3 Å². The van der Waals surface area contributed by atoms with E-state index in [4.69, 9.17) is 0 Å². The van der Waals surface area contributed by atoms with Gasteiger partial charge in [-0.3, -0.25) is 0 Å². The van der Waals surface area contributed by atoms with Crippen molar-refractivity contribution in [2.75, 3.05) is 5.32 Å². The summed E-state index contributed by atoms with van der Waals surface area (Å²) in [6.45, 7) is 0. The molecule has 2 aromatic carbocycles. The first kappa shape index (κ1) is 13.2. The molecule has 0 spiro atoms. The molecule has 3 rings (SSSR count). The number of imidazole rings is 1. The smallest absolute Gasteiger partial charge is 0.326 e. The van der Waals surface area contributed by atoms with Crippen LogP contribution in [0.2, 0.25) is 0 Å². The van der Waals surface area contributed by atoms with Crippen molar-refractivity contribution < 1.29 is 9.90 Å². The summed E-state index contributed by atoms with van der Waals surface area (Å²) in [5.74, 6) is -0.897. The lowest BCUT2D eigenvalue weighted by molar-refractivity contribution is -0.137. The van der Waals surface area contributed by atoms with Crippen LogP contribution in [0.4, 0.5) is 5.69 Å². The average Bonchev–Trinajstić information content (AvgIpc) is 2.99. The van der Waals surface area contributed by atoms with Gasteiger partial charge < -0.3 is 15.4 Å². The summed E-state index contributed by atoms with van der Waals surface area (Å²) in [6, 6.07) is 13.1. The molecule has 1 unspecified atom stereocenters. The minimum atomic E-state index is -0.897. The first-order valence-electron chi connectivity index (χ1n) is 6.68. The van der Waals surface area contributed by atoms with Crippen molar-refractivity contribution in [3.05, 3.63) is 60.7 Å². The highest BCUT2D eigenvalue weighted by molar-refractivity contribution is 5.86. The van der Waals surface area contributed by atoms with Gasteiger partial charge in [0.25, 0.3) is 0 Å². The van der Waals surface area contributed by atoms with Gasteiger partial charge in [-0.2, -0.15) is 0 Å². The molecule has 3 aromatic rings. The third kappa shape index (κ3) is 3.02. The zero-order valence-corrected chi connectivity index (χ0v) is 11.3. The number of carboxylic acids is 1. The Morgan fingerprint density at radius 3 is 2.76 bits per heavy atom. The van der Waals surface area contributed by atoms with Crippen molar-refractivity contribution in [3.63, 3.8) is 0 Å². The number of nitrogens with zero attached hydrogens (tertiary/aromatic N) is 1. The van der Waals surface area contributed by atoms with Gasteiger partial charge in [0.2, 0.25) is 0 Å². The molecule has 0 amide bonds. The van der Waals surface area contributed by atoms with Gasteiger partial charge in [-0.15, -0.1) is 0 Å². The molecule has 0 aliphatic carbocycles. The fraction of sp³-hybridized carbons (Fsp3) is 0.125. The van der Waals surface area contributed by atoms with Crippen LogP contribution >= 0.6 is 0 Å². The molecule has 1 atom stereocenters. The largest absolute Gasteiger partial charge is 0.480 e. The van der Waals surface area contributed by atoms with Crippen LogP contribution in [-0.4, -0.2) is 27.1 Å².